The molecule has 3 rings (SSSR count). The summed E-state index contributed by atoms with van der Waals surface area (Å²) < 4.78 is 5.11. The monoisotopic (exact) mass is 223 g/mol. The molecule has 0 bridgehead atoms. The van der Waals surface area contributed by atoms with Crippen molar-refractivity contribution in [2.75, 3.05) is 0 Å². The first-order valence-electron chi connectivity index (χ1n) is 5.28. The van der Waals surface area contributed by atoms with E-state index in [4.69, 9.17) is 4.42 Å². The zero-order chi connectivity index (χ0) is 11.7. The van der Waals surface area contributed by atoms with Gasteiger partial charge in [-0.2, -0.15) is 0 Å². The van der Waals surface area contributed by atoms with Crippen molar-refractivity contribution in [1.29, 1.82) is 0 Å². The first-order valence-corrected chi connectivity index (χ1v) is 5.28. The Balaban J connectivity index is 2.21. The Labute approximate surface area is 97.7 Å². The molecule has 82 valence electrons. The number of aromatic nitrogens is 1. The van der Waals surface area contributed by atoms with Crippen LogP contribution in [0.4, 0.5) is 0 Å². The molecule has 3 aromatic rings. The second kappa shape index (κ2) is 3.87. The fourth-order valence-corrected chi connectivity index (χ4v) is 1.83. The van der Waals surface area contributed by atoms with Crippen LogP contribution >= 0.6 is 0 Å². The van der Waals surface area contributed by atoms with Crippen molar-refractivity contribution in [3.8, 4) is 0 Å². The first kappa shape index (κ1) is 9.78. The van der Waals surface area contributed by atoms with Gasteiger partial charge in [0, 0.05) is 11.6 Å². The molecule has 0 spiro atoms. The molecule has 0 aliphatic heterocycles. The molecule has 2 heterocycles. The summed E-state index contributed by atoms with van der Waals surface area (Å²) in [6, 6.07) is 12.9. The predicted molar refractivity (Wildman–Crippen MR) is 63.9 cm³/mol. The Morgan fingerprint density at radius 1 is 1.06 bits per heavy atom. The average molecular weight is 223 g/mol. The van der Waals surface area contributed by atoms with Crippen LogP contribution in [0.15, 0.2) is 59.3 Å². The van der Waals surface area contributed by atoms with Crippen LogP contribution in [-0.4, -0.2) is 10.8 Å². The number of nitrogens with zero attached hydrogens (tertiary/aromatic N) is 1. The maximum atomic E-state index is 12.2. The zero-order valence-corrected chi connectivity index (χ0v) is 8.96. The number of hydrogen-bond donors (Lipinski definition) is 0. The van der Waals surface area contributed by atoms with E-state index in [0.717, 1.165) is 10.8 Å². The van der Waals surface area contributed by atoms with Gasteiger partial charge in [0.15, 0.2) is 5.76 Å². The Morgan fingerprint density at radius 2 is 1.94 bits per heavy atom. The fraction of sp³-hybridized carbons (Fsp3) is 0. The molecule has 0 fully saturated rings. The van der Waals surface area contributed by atoms with Gasteiger partial charge in [-0.1, -0.05) is 24.3 Å². The third-order valence-corrected chi connectivity index (χ3v) is 2.63. The Hall–Kier alpha value is -2.42. The lowest BCUT2D eigenvalue weighted by Crippen LogP contribution is -2.03. The van der Waals surface area contributed by atoms with E-state index in [1.54, 1.807) is 18.3 Å². The summed E-state index contributed by atoms with van der Waals surface area (Å²) in [7, 11) is 0. The van der Waals surface area contributed by atoms with E-state index >= 15 is 0 Å². The van der Waals surface area contributed by atoms with Crippen molar-refractivity contribution < 1.29 is 9.21 Å². The van der Waals surface area contributed by atoms with Crippen molar-refractivity contribution in [2.45, 2.75) is 0 Å². The van der Waals surface area contributed by atoms with Crippen LogP contribution in [0.2, 0.25) is 0 Å². The summed E-state index contributed by atoms with van der Waals surface area (Å²) in [5, 5.41) is 1.84. The maximum absolute atomic E-state index is 12.2. The summed E-state index contributed by atoms with van der Waals surface area (Å²) in [5.74, 6) is 0.126. The van der Waals surface area contributed by atoms with Crippen molar-refractivity contribution >= 4 is 16.6 Å². The van der Waals surface area contributed by atoms with E-state index in [1.165, 1.54) is 6.26 Å². The SMILES string of the molecule is O=C(c1ccco1)c1nccc2ccccc12. The molecular weight excluding hydrogens is 214 g/mol. The lowest BCUT2D eigenvalue weighted by molar-refractivity contribution is 0.101. The van der Waals surface area contributed by atoms with E-state index in [-0.39, 0.29) is 5.78 Å². The number of furan rings is 1. The molecule has 3 heteroatoms. The highest BCUT2D eigenvalue weighted by Crippen LogP contribution is 2.19. The minimum Gasteiger partial charge on any atom is -0.461 e. The van der Waals surface area contributed by atoms with Gasteiger partial charge in [-0.05, 0) is 23.6 Å². The summed E-state index contributed by atoms with van der Waals surface area (Å²) in [6.07, 6.45) is 3.12. The molecule has 0 aliphatic rings. The fourth-order valence-electron chi connectivity index (χ4n) is 1.83. The van der Waals surface area contributed by atoms with Crippen molar-refractivity contribution in [2.24, 2.45) is 0 Å². The summed E-state index contributed by atoms with van der Waals surface area (Å²) in [4.78, 5) is 16.3. The quantitative estimate of drug-likeness (QED) is 0.627. The van der Waals surface area contributed by atoms with E-state index < -0.39 is 0 Å². The summed E-state index contributed by atoms with van der Waals surface area (Å²) >= 11 is 0. The maximum Gasteiger partial charge on any atom is 0.247 e. The summed E-state index contributed by atoms with van der Waals surface area (Å²) in [6.45, 7) is 0. The highest BCUT2D eigenvalue weighted by molar-refractivity contribution is 6.13. The smallest absolute Gasteiger partial charge is 0.247 e. The van der Waals surface area contributed by atoms with Gasteiger partial charge in [-0.25, -0.2) is 0 Å². The van der Waals surface area contributed by atoms with Gasteiger partial charge in [-0.3, -0.25) is 9.78 Å². The van der Waals surface area contributed by atoms with Gasteiger partial charge in [0.25, 0.3) is 0 Å². The first-order chi connectivity index (χ1) is 8.36. The van der Waals surface area contributed by atoms with Crippen LogP contribution in [0.1, 0.15) is 16.2 Å². The second-order valence-electron chi connectivity index (χ2n) is 3.69. The molecule has 0 N–H and O–H groups in total. The Bertz CT molecular complexity index is 666. The van der Waals surface area contributed by atoms with Crippen LogP contribution < -0.4 is 0 Å². The minimum atomic E-state index is -0.188. The molecule has 2 aromatic heterocycles. The van der Waals surface area contributed by atoms with E-state index in [2.05, 4.69) is 4.98 Å². The lowest BCUT2D eigenvalue weighted by atomic mass is 10.1. The third kappa shape index (κ3) is 1.61. The third-order valence-electron chi connectivity index (χ3n) is 2.63. The second-order valence-corrected chi connectivity index (χ2v) is 3.69. The molecule has 0 saturated carbocycles. The Morgan fingerprint density at radius 3 is 2.76 bits per heavy atom. The van der Waals surface area contributed by atoms with Crippen molar-refractivity contribution in [3.05, 3.63) is 66.4 Å². The number of rotatable bonds is 2. The van der Waals surface area contributed by atoms with Gasteiger partial charge in [0.05, 0.1) is 6.26 Å². The normalized spacial score (nSPS) is 10.6. The standard InChI is InChI=1S/C14H9NO2/c16-14(12-6-3-9-17-12)13-11-5-2-1-4-10(11)7-8-15-13/h1-9H. The van der Waals surface area contributed by atoms with Crippen LogP contribution in [0.3, 0.4) is 0 Å². The molecular formula is C14H9NO2. The molecule has 1 aromatic carbocycles. The molecule has 0 aliphatic carbocycles. The molecule has 3 nitrogen and oxygen atoms in total. The summed E-state index contributed by atoms with van der Waals surface area (Å²) in [5.41, 5.74) is 0.429. The molecule has 0 saturated heterocycles. The zero-order valence-electron chi connectivity index (χ0n) is 8.96. The lowest BCUT2D eigenvalue weighted by Gasteiger charge is -2.02. The van der Waals surface area contributed by atoms with E-state index in [1.807, 2.05) is 30.3 Å². The van der Waals surface area contributed by atoms with Crippen LogP contribution in [-0.2, 0) is 0 Å². The average Bonchev–Trinajstić information content (AvgIpc) is 2.91. The van der Waals surface area contributed by atoms with Crippen molar-refractivity contribution in [3.63, 3.8) is 0 Å². The van der Waals surface area contributed by atoms with E-state index in [9.17, 15) is 4.79 Å². The molecule has 0 radical (unpaired) electrons. The van der Waals surface area contributed by atoms with Crippen molar-refractivity contribution in [1.82, 2.24) is 4.98 Å². The van der Waals surface area contributed by atoms with Crippen LogP contribution in [0.5, 0.6) is 0 Å². The largest absolute Gasteiger partial charge is 0.461 e. The number of ketones is 1. The van der Waals surface area contributed by atoms with Crippen LogP contribution in [0.25, 0.3) is 10.8 Å². The number of benzene rings is 1. The van der Waals surface area contributed by atoms with Gasteiger partial charge >= 0.3 is 0 Å². The number of pyridine rings is 1. The highest BCUT2D eigenvalue weighted by atomic mass is 16.3. The number of hydrogen-bond acceptors (Lipinski definition) is 3. The Kier molecular flexibility index (Phi) is 2.22. The predicted octanol–water partition coefficient (Wildman–Crippen LogP) is 3.06. The van der Waals surface area contributed by atoms with E-state index in [0.29, 0.717) is 11.5 Å². The topological polar surface area (TPSA) is 43.1 Å². The molecule has 0 unspecified atom stereocenters. The minimum absolute atomic E-state index is 0.188. The van der Waals surface area contributed by atoms with Gasteiger partial charge in [0.1, 0.15) is 5.69 Å². The number of carbonyl (C=O) groups is 1. The molecule has 17 heavy (non-hydrogen) atoms. The van der Waals surface area contributed by atoms with Gasteiger partial charge in [0.2, 0.25) is 5.78 Å². The molecule has 0 amide bonds. The van der Waals surface area contributed by atoms with Crippen LogP contribution in [0, 0.1) is 0 Å². The number of fused-ring (bicyclic) bond motifs is 1. The van der Waals surface area contributed by atoms with Gasteiger partial charge < -0.3 is 4.42 Å². The molecule has 0 atom stereocenters. The number of carbonyl (C=O) groups excluding carboxylic acids is 1. The van der Waals surface area contributed by atoms with Gasteiger partial charge in [-0.15, -0.1) is 0 Å². The highest BCUT2D eigenvalue weighted by Gasteiger charge is 2.15.